The number of para-hydroxylation sites is 2. The molecule has 4 rings (SSSR count). The molecule has 1 fully saturated rings. The molecule has 2 aliphatic heterocycles. The van der Waals surface area contributed by atoms with Gasteiger partial charge in [0, 0.05) is 5.71 Å². The molecule has 0 aliphatic carbocycles. The average Bonchev–Trinajstić information content (AvgIpc) is 3.05. The Balaban J connectivity index is 1.63. The summed E-state index contributed by atoms with van der Waals surface area (Å²) in [6.07, 6.45) is 4.85. The van der Waals surface area contributed by atoms with Crippen molar-refractivity contribution in [2.75, 3.05) is 19.6 Å². The number of rotatable bonds is 3. The fourth-order valence-corrected chi connectivity index (χ4v) is 4.12. The van der Waals surface area contributed by atoms with Gasteiger partial charge in [-0.2, -0.15) is 0 Å². The van der Waals surface area contributed by atoms with Gasteiger partial charge < -0.3 is 5.32 Å². The van der Waals surface area contributed by atoms with Crippen molar-refractivity contribution in [1.29, 1.82) is 0 Å². The normalized spacial score (nSPS) is 20.0. The molecule has 2 heterocycles. The number of carbonyl (C=O) groups excluding carboxylic acids is 1. The van der Waals surface area contributed by atoms with Gasteiger partial charge in [0.05, 0.1) is 23.8 Å². The van der Waals surface area contributed by atoms with E-state index in [2.05, 4.69) is 22.3 Å². The van der Waals surface area contributed by atoms with Crippen LogP contribution >= 0.6 is 0 Å². The summed E-state index contributed by atoms with van der Waals surface area (Å²) >= 11 is 0. The molecule has 29 heavy (non-hydrogen) atoms. The Bertz CT molecular complexity index is 911. The zero-order valence-electron chi connectivity index (χ0n) is 17.0. The maximum absolute atomic E-state index is 12.9. The lowest BCUT2D eigenvalue weighted by atomic mass is 9.93. The molecule has 0 bridgehead atoms. The predicted molar refractivity (Wildman–Crippen MR) is 119 cm³/mol. The Morgan fingerprint density at radius 3 is 2.24 bits per heavy atom. The minimum atomic E-state index is -0.170. The predicted octanol–water partition coefficient (Wildman–Crippen LogP) is 4.60. The Hall–Kier alpha value is -2.79. The number of amides is 1. The molecule has 5 nitrogen and oxygen atoms in total. The molecular formula is C24H28N4O. The first-order valence-electron chi connectivity index (χ1n) is 10.5. The SMILES string of the molecule is CC1=Nc2ccccc2N=C(NC(=O)CN2CCCCCC2)C1c1ccccc1. The van der Waals surface area contributed by atoms with E-state index in [9.17, 15) is 4.79 Å². The molecule has 0 aromatic heterocycles. The third-order valence-corrected chi connectivity index (χ3v) is 5.58. The summed E-state index contributed by atoms with van der Waals surface area (Å²) in [4.78, 5) is 24.9. The molecular weight excluding hydrogens is 360 g/mol. The van der Waals surface area contributed by atoms with E-state index < -0.39 is 0 Å². The quantitative estimate of drug-likeness (QED) is 0.835. The highest BCUT2D eigenvalue weighted by atomic mass is 16.2. The number of aliphatic imine (C=N–C) groups is 2. The fourth-order valence-electron chi connectivity index (χ4n) is 4.12. The van der Waals surface area contributed by atoms with E-state index in [1.807, 2.05) is 49.4 Å². The van der Waals surface area contributed by atoms with Gasteiger partial charge in [-0.25, -0.2) is 4.99 Å². The van der Waals surface area contributed by atoms with Crippen molar-refractivity contribution in [1.82, 2.24) is 10.2 Å². The first-order chi connectivity index (χ1) is 14.2. The van der Waals surface area contributed by atoms with E-state index in [1.54, 1.807) is 0 Å². The molecule has 5 heteroatoms. The van der Waals surface area contributed by atoms with E-state index in [4.69, 9.17) is 9.98 Å². The lowest BCUT2D eigenvalue weighted by Gasteiger charge is -2.22. The lowest BCUT2D eigenvalue weighted by molar-refractivity contribution is -0.120. The molecule has 1 saturated heterocycles. The first-order valence-corrected chi connectivity index (χ1v) is 10.5. The second-order valence-corrected chi connectivity index (χ2v) is 7.82. The molecule has 1 amide bonds. The number of hydrogen-bond acceptors (Lipinski definition) is 4. The van der Waals surface area contributed by atoms with Crippen molar-refractivity contribution in [3.05, 3.63) is 60.2 Å². The van der Waals surface area contributed by atoms with E-state index in [0.717, 1.165) is 35.7 Å². The molecule has 2 aromatic rings. The van der Waals surface area contributed by atoms with Crippen molar-refractivity contribution in [3.63, 3.8) is 0 Å². The van der Waals surface area contributed by atoms with Gasteiger partial charge in [-0.05, 0) is 50.6 Å². The van der Waals surface area contributed by atoms with Crippen LogP contribution in [0.1, 0.15) is 44.1 Å². The van der Waals surface area contributed by atoms with Crippen molar-refractivity contribution in [2.45, 2.75) is 38.5 Å². The molecule has 2 aromatic carbocycles. The molecule has 1 unspecified atom stereocenters. The van der Waals surface area contributed by atoms with Gasteiger partial charge in [0.25, 0.3) is 0 Å². The Kier molecular flexibility index (Phi) is 6.15. The van der Waals surface area contributed by atoms with Crippen molar-refractivity contribution in [3.8, 4) is 0 Å². The highest BCUT2D eigenvalue weighted by Gasteiger charge is 2.26. The average molecular weight is 389 g/mol. The summed E-state index contributed by atoms with van der Waals surface area (Å²) in [6.45, 7) is 4.41. The highest BCUT2D eigenvalue weighted by molar-refractivity contribution is 6.17. The number of benzene rings is 2. The molecule has 0 radical (unpaired) electrons. The van der Waals surface area contributed by atoms with E-state index in [-0.39, 0.29) is 11.8 Å². The monoisotopic (exact) mass is 388 g/mol. The molecule has 2 aliphatic rings. The zero-order valence-corrected chi connectivity index (χ0v) is 17.0. The molecule has 0 saturated carbocycles. The Morgan fingerprint density at radius 2 is 1.55 bits per heavy atom. The Labute approximate surface area is 172 Å². The van der Waals surface area contributed by atoms with Crippen LogP contribution in [0.3, 0.4) is 0 Å². The minimum absolute atomic E-state index is 0.00115. The second-order valence-electron chi connectivity index (χ2n) is 7.82. The maximum atomic E-state index is 12.9. The van der Waals surface area contributed by atoms with Crippen LogP contribution in [0.5, 0.6) is 0 Å². The largest absolute Gasteiger partial charge is 0.312 e. The number of likely N-dealkylation sites (tertiary alicyclic amines) is 1. The van der Waals surface area contributed by atoms with E-state index in [1.165, 1.54) is 25.7 Å². The van der Waals surface area contributed by atoms with Crippen LogP contribution in [0.25, 0.3) is 0 Å². The third kappa shape index (κ3) is 4.80. The van der Waals surface area contributed by atoms with Crippen molar-refractivity contribution in [2.24, 2.45) is 9.98 Å². The van der Waals surface area contributed by atoms with Gasteiger partial charge >= 0.3 is 0 Å². The minimum Gasteiger partial charge on any atom is -0.312 e. The number of fused-ring (bicyclic) bond motifs is 1. The van der Waals surface area contributed by atoms with Crippen LogP contribution in [0.15, 0.2) is 64.6 Å². The highest BCUT2D eigenvalue weighted by Crippen LogP contribution is 2.34. The zero-order chi connectivity index (χ0) is 20.1. The van der Waals surface area contributed by atoms with Gasteiger partial charge in [-0.15, -0.1) is 0 Å². The van der Waals surface area contributed by atoms with Gasteiger partial charge in [0.2, 0.25) is 5.91 Å². The molecule has 1 atom stereocenters. The van der Waals surface area contributed by atoms with E-state index in [0.29, 0.717) is 12.4 Å². The standard InChI is InChI=1S/C24H28N4O/c1-18-23(19-11-5-4-6-12-19)24(26-21-14-8-7-13-20(21)25-18)27-22(29)17-28-15-9-2-3-10-16-28/h4-8,11-14,23H,2-3,9-10,15-17H2,1H3,(H,26,27,29). The van der Waals surface area contributed by atoms with Crippen molar-refractivity contribution < 1.29 is 4.79 Å². The van der Waals surface area contributed by atoms with Crippen LogP contribution < -0.4 is 5.32 Å². The number of nitrogens with zero attached hydrogens (tertiary/aromatic N) is 3. The maximum Gasteiger partial charge on any atom is 0.239 e. The van der Waals surface area contributed by atoms with Gasteiger partial charge in [-0.3, -0.25) is 14.7 Å². The van der Waals surface area contributed by atoms with Crippen LogP contribution in [-0.4, -0.2) is 42.0 Å². The summed E-state index contributed by atoms with van der Waals surface area (Å²) in [5.41, 5.74) is 3.63. The summed E-state index contributed by atoms with van der Waals surface area (Å²) < 4.78 is 0. The smallest absolute Gasteiger partial charge is 0.239 e. The summed E-state index contributed by atoms with van der Waals surface area (Å²) in [5.74, 6) is 0.484. The number of nitrogens with one attached hydrogen (secondary N) is 1. The summed E-state index contributed by atoms with van der Waals surface area (Å²) in [6, 6.07) is 18.0. The molecule has 150 valence electrons. The van der Waals surface area contributed by atoms with Gasteiger partial charge in [0.15, 0.2) is 0 Å². The summed E-state index contributed by atoms with van der Waals surface area (Å²) in [5, 5.41) is 3.14. The first kappa shape index (κ1) is 19.5. The van der Waals surface area contributed by atoms with Gasteiger partial charge in [-0.1, -0.05) is 55.3 Å². The third-order valence-electron chi connectivity index (χ3n) is 5.58. The topological polar surface area (TPSA) is 57.1 Å². The van der Waals surface area contributed by atoms with Crippen LogP contribution in [0.2, 0.25) is 0 Å². The second kappa shape index (κ2) is 9.14. The lowest BCUT2D eigenvalue weighted by Crippen LogP contribution is -2.43. The Morgan fingerprint density at radius 1 is 0.931 bits per heavy atom. The number of hydrogen-bond donors (Lipinski definition) is 1. The molecule has 1 N–H and O–H groups in total. The molecule has 0 spiro atoms. The fraction of sp³-hybridized carbons (Fsp3) is 0.375. The number of carbonyl (C=O) groups is 1. The van der Waals surface area contributed by atoms with Crippen LogP contribution in [0, 0.1) is 0 Å². The number of amidine groups is 1. The van der Waals surface area contributed by atoms with Crippen LogP contribution in [0.4, 0.5) is 11.4 Å². The van der Waals surface area contributed by atoms with Crippen molar-refractivity contribution >= 4 is 28.8 Å². The van der Waals surface area contributed by atoms with E-state index >= 15 is 0 Å². The van der Waals surface area contributed by atoms with Gasteiger partial charge in [0.1, 0.15) is 5.84 Å². The van der Waals surface area contributed by atoms with Crippen LogP contribution in [-0.2, 0) is 4.79 Å². The summed E-state index contributed by atoms with van der Waals surface area (Å²) in [7, 11) is 0.